The molecule has 17 heavy (non-hydrogen) atoms. The first-order valence-corrected chi connectivity index (χ1v) is 4.81. The van der Waals surface area contributed by atoms with Gasteiger partial charge < -0.3 is 4.57 Å². The van der Waals surface area contributed by atoms with E-state index in [1.807, 2.05) is 0 Å². The third kappa shape index (κ3) is 1.52. The number of non-ortho nitro benzene ring substituents is 1. The van der Waals surface area contributed by atoms with E-state index >= 15 is 0 Å². The lowest BCUT2D eigenvalue weighted by Crippen LogP contribution is -1.93. The molecule has 0 saturated carbocycles. The average molecular weight is 235 g/mol. The van der Waals surface area contributed by atoms with Gasteiger partial charge in [0.1, 0.15) is 0 Å². The zero-order valence-electron chi connectivity index (χ0n) is 9.21. The summed E-state index contributed by atoms with van der Waals surface area (Å²) in [5, 5.41) is 21.9. The fraction of sp³-hybridized carbons (Fsp3) is 0.200. The normalized spacial score (nSPS) is 10.7. The Labute approximate surface area is 95.6 Å². The van der Waals surface area contributed by atoms with E-state index in [1.165, 1.54) is 18.2 Å². The number of aromatic nitrogens is 1. The van der Waals surface area contributed by atoms with Crippen LogP contribution < -0.4 is 0 Å². The number of hydrogen-bond donors (Lipinski definition) is 0. The molecule has 1 aromatic carbocycles. The van der Waals surface area contributed by atoms with E-state index in [-0.39, 0.29) is 11.4 Å². The van der Waals surface area contributed by atoms with Gasteiger partial charge in [-0.2, -0.15) is 0 Å². The Bertz CT molecular complexity index is 645. The van der Waals surface area contributed by atoms with Crippen molar-refractivity contribution >= 4 is 22.3 Å². The minimum atomic E-state index is -0.564. The summed E-state index contributed by atoms with van der Waals surface area (Å²) in [5.74, 6) is 0. The van der Waals surface area contributed by atoms with Crippen LogP contribution in [0.15, 0.2) is 18.2 Å². The number of nitro groups is 2. The highest BCUT2D eigenvalue weighted by Crippen LogP contribution is 2.33. The first-order chi connectivity index (χ1) is 7.93. The maximum Gasteiger partial charge on any atom is 0.297 e. The van der Waals surface area contributed by atoms with Crippen molar-refractivity contribution in [2.75, 3.05) is 0 Å². The van der Waals surface area contributed by atoms with Crippen LogP contribution in [0.25, 0.3) is 10.9 Å². The maximum atomic E-state index is 11.0. The van der Waals surface area contributed by atoms with E-state index in [9.17, 15) is 20.2 Å². The van der Waals surface area contributed by atoms with E-state index in [4.69, 9.17) is 0 Å². The summed E-state index contributed by atoms with van der Waals surface area (Å²) in [6.45, 7) is 1.62. The van der Waals surface area contributed by atoms with Crippen molar-refractivity contribution in [3.8, 4) is 0 Å². The van der Waals surface area contributed by atoms with Crippen LogP contribution in [0.3, 0.4) is 0 Å². The van der Waals surface area contributed by atoms with Crippen molar-refractivity contribution in [2.45, 2.75) is 6.92 Å². The molecule has 1 aromatic heterocycles. The van der Waals surface area contributed by atoms with E-state index in [1.54, 1.807) is 18.5 Å². The molecule has 0 atom stereocenters. The van der Waals surface area contributed by atoms with Crippen LogP contribution in [-0.2, 0) is 7.05 Å². The van der Waals surface area contributed by atoms with Crippen molar-refractivity contribution in [1.82, 2.24) is 4.57 Å². The SMILES string of the molecule is Cc1c([N+](=O)[O-])c2cc([N+](=O)[O-])ccc2n1C. The summed E-state index contributed by atoms with van der Waals surface area (Å²) in [6.07, 6.45) is 0. The van der Waals surface area contributed by atoms with Gasteiger partial charge in [-0.05, 0) is 13.0 Å². The van der Waals surface area contributed by atoms with Crippen LogP contribution in [0.2, 0.25) is 0 Å². The Hall–Kier alpha value is -2.44. The van der Waals surface area contributed by atoms with Crippen LogP contribution in [0.1, 0.15) is 5.69 Å². The third-order valence-corrected chi connectivity index (χ3v) is 2.84. The molecule has 0 saturated heterocycles. The largest absolute Gasteiger partial charge is 0.342 e. The number of fused-ring (bicyclic) bond motifs is 1. The molecule has 7 heteroatoms. The quantitative estimate of drug-likeness (QED) is 0.589. The smallest absolute Gasteiger partial charge is 0.297 e. The predicted octanol–water partition coefficient (Wildman–Crippen LogP) is 2.30. The second-order valence-corrected chi connectivity index (χ2v) is 3.71. The van der Waals surface area contributed by atoms with Gasteiger partial charge in [0.15, 0.2) is 0 Å². The number of nitro benzene ring substituents is 1. The summed E-state index contributed by atoms with van der Waals surface area (Å²) in [4.78, 5) is 20.5. The monoisotopic (exact) mass is 235 g/mol. The zero-order valence-corrected chi connectivity index (χ0v) is 9.21. The van der Waals surface area contributed by atoms with Crippen LogP contribution in [0, 0.1) is 27.2 Å². The highest BCUT2D eigenvalue weighted by atomic mass is 16.6. The molecule has 0 bridgehead atoms. The molecule has 88 valence electrons. The molecule has 7 nitrogen and oxygen atoms in total. The van der Waals surface area contributed by atoms with Crippen molar-refractivity contribution in [3.05, 3.63) is 44.1 Å². The molecule has 0 unspecified atom stereocenters. The van der Waals surface area contributed by atoms with Gasteiger partial charge in [0, 0.05) is 19.2 Å². The van der Waals surface area contributed by atoms with E-state index in [2.05, 4.69) is 0 Å². The molecule has 2 rings (SSSR count). The number of hydrogen-bond acceptors (Lipinski definition) is 4. The van der Waals surface area contributed by atoms with Crippen molar-refractivity contribution in [1.29, 1.82) is 0 Å². The van der Waals surface area contributed by atoms with Gasteiger partial charge >= 0.3 is 0 Å². The van der Waals surface area contributed by atoms with Gasteiger partial charge in [0.2, 0.25) is 0 Å². The summed E-state index contributed by atoms with van der Waals surface area (Å²) < 4.78 is 1.65. The molecular weight excluding hydrogens is 226 g/mol. The highest BCUT2D eigenvalue weighted by Gasteiger charge is 2.23. The molecule has 0 N–H and O–H groups in total. The summed E-state index contributed by atoms with van der Waals surface area (Å²) in [5.41, 5.74) is 0.864. The average Bonchev–Trinajstić information content (AvgIpc) is 2.51. The number of nitrogens with zero attached hydrogens (tertiary/aromatic N) is 3. The third-order valence-electron chi connectivity index (χ3n) is 2.84. The fourth-order valence-corrected chi connectivity index (χ4v) is 1.88. The highest BCUT2D eigenvalue weighted by molar-refractivity contribution is 5.93. The van der Waals surface area contributed by atoms with Crippen molar-refractivity contribution in [3.63, 3.8) is 0 Å². The van der Waals surface area contributed by atoms with E-state index < -0.39 is 9.85 Å². The predicted molar refractivity (Wildman–Crippen MR) is 61.0 cm³/mol. The van der Waals surface area contributed by atoms with Gasteiger partial charge in [-0.15, -0.1) is 0 Å². The van der Waals surface area contributed by atoms with Gasteiger partial charge in [0.05, 0.1) is 26.4 Å². The van der Waals surface area contributed by atoms with Crippen LogP contribution >= 0.6 is 0 Å². The number of aryl methyl sites for hydroxylation is 1. The van der Waals surface area contributed by atoms with Crippen LogP contribution in [-0.4, -0.2) is 14.4 Å². The van der Waals surface area contributed by atoms with Gasteiger partial charge in [-0.25, -0.2) is 0 Å². The van der Waals surface area contributed by atoms with Crippen LogP contribution in [0.4, 0.5) is 11.4 Å². The number of rotatable bonds is 2. The van der Waals surface area contributed by atoms with Gasteiger partial charge in [0.25, 0.3) is 11.4 Å². The molecule has 0 radical (unpaired) electrons. The molecule has 0 aliphatic carbocycles. The standard InChI is InChI=1S/C10H9N3O4/c1-6-10(13(16)17)8-5-7(12(14)15)3-4-9(8)11(6)2/h3-5H,1-2H3. The first-order valence-electron chi connectivity index (χ1n) is 4.81. The van der Waals surface area contributed by atoms with Crippen molar-refractivity contribution < 1.29 is 9.85 Å². The summed E-state index contributed by atoms with van der Waals surface area (Å²) in [6, 6.07) is 4.10. The molecular formula is C10H9N3O4. The molecule has 0 amide bonds. The summed E-state index contributed by atoms with van der Waals surface area (Å²) >= 11 is 0. The molecule has 0 fully saturated rings. The zero-order chi connectivity index (χ0) is 12.7. The Kier molecular flexibility index (Phi) is 2.31. The number of benzene rings is 1. The summed E-state index contributed by atoms with van der Waals surface area (Å²) in [7, 11) is 1.69. The Morgan fingerprint density at radius 3 is 2.35 bits per heavy atom. The first kappa shape index (κ1) is 11.1. The second kappa shape index (κ2) is 3.55. The Morgan fingerprint density at radius 1 is 1.18 bits per heavy atom. The van der Waals surface area contributed by atoms with E-state index in [0.29, 0.717) is 16.6 Å². The molecule has 0 aliphatic heterocycles. The lowest BCUT2D eigenvalue weighted by molar-refractivity contribution is -0.386. The van der Waals surface area contributed by atoms with Gasteiger partial charge in [-0.3, -0.25) is 20.2 Å². The molecule has 2 aromatic rings. The Morgan fingerprint density at radius 2 is 1.82 bits per heavy atom. The minimum absolute atomic E-state index is 0.0776. The molecule has 0 spiro atoms. The Balaban J connectivity index is 2.88. The maximum absolute atomic E-state index is 11.0. The topological polar surface area (TPSA) is 91.2 Å². The van der Waals surface area contributed by atoms with Crippen LogP contribution in [0.5, 0.6) is 0 Å². The lowest BCUT2D eigenvalue weighted by atomic mass is 10.2. The fourth-order valence-electron chi connectivity index (χ4n) is 1.88. The molecule has 1 heterocycles. The van der Waals surface area contributed by atoms with Crippen molar-refractivity contribution in [2.24, 2.45) is 7.05 Å². The minimum Gasteiger partial charge on any atom is -0.342 e. The second-order valence-electron chi connectivity index (χ2n) is 3.71. The van der Waals surface area contributed by atoms with E-state index in [0.717, 1.165) is 0 Å². The van der Waals surface area contributed by atoms with Gasteiger partial charge in [-0.1, -0.05) is 0 Å². The molecule has 0 aliphatic rings. The lowest BCUT2D eigenvalue weighted by Gasteiger charge is -1.96.